The average molecular weight is 231 g/mol. The van der Waals surface area contributed by atoms with E-state index in [1.54, 1.807) is 11.3 Å². The maximum Gasteiger partial charge on any atom is 0.168 e. The summed E-state index contributed by atoms with van der Waals surface area (Å²) >= 11 is 1.66. The van der Waals surface area contributed by atoms with Crippen LogP contribution in [-0.2, 0) is 0 Å². The second-order valence-corrected chi connectivity index (χ2v) is 5.11. The van der Waals surface area contributed by atoms with Gasteiger partial charge in [0.25, 0.3) is 0 Å². The Morgan fingerprint density at radius 2 is 2.25 bits per heavy atom. The topological polar surface area (TPSA) is 29.1 Å². The first-order chi connectivity index (χ1) is 7.86. The van der Waals surface area contributed by atoms with Gasteiger partial charge < -0.3 is 5.32 Å². The van der Waals surface area contributed by atoms with Crippen LogP contribution in [0.2, 0.25) is 0 Å². The molecule has 1 aromatic carbocycles. The van der Waals surface area contributed by atoms with Gasteiger partial charge in [0, 0.05) is 33.5 Å². The SMILES string of the molecule is O=C(c1csc2ccccc12)C1CCNC1. The summed E-state index contributed by atoms with van der Waals surface area (Å²) in [5.74, 6) is 0.487. The Morgan fingerprint density at radius 1 is 1.38 bits per heavy atom. The van der Waals surface area contributed by atoms with Crippen molar-refractivity contribution in [2.24, 2.45) is 5.92 Å². The predicted octanol–water partition coefficient (Wildman–Crippen LogP) is 2.69. The maximum absolute atomic E-state index is 12.3. The number of benzene rings is 1. The van der Waals surface area contributed by atoms with Crippen molar-refractivity contribution in [1.82, 2.24) is 5.32 Å². The lowest BCUT2D eigenvalue weighted by Crippen LogP contribution is -2.17. The Labute approximate surface area is 98.3 Å². The van der Waals surface area contributed by atoms with E-state index in [2.05, 4.69) is 11.4 Å². The highest BCUT2D eigenvalue weighted by atomic mass is 32.1. The quantitative estimate of drug-likeness (QED) is 0.805. The summed E-state index contributed by atoms with van der Waals surface area (Å²) in [7, 11) is 0. The summed E-state index contributed by atoms with van der Waals surface area (Å²) in [5, 5.41) is 6.37. The minimum absolute atomic E-state index is 0.179. The van der Waals surface area contributed by atoms with Gasteiger partial charge in [-0.2, -0.15) is 0 Å². The molecule has 2 nitrogen and oxygen atoms in total. The summed E-state index contributed by atoms with van der Waals surface area (Å²) in [6, 6.07) is 8.13. The summed E-state index contributed by atoms with van der Waals surface area (Å²) in [4.78, 5) is 12.3. The van der Waals surface area contributed by atoms with Gasteiger partial charge in [-0.1, -0.05) is 18.2 Å². The molecule has 1 aliphatic heterocycles. The van der Waals surface area contributed by atoms with Gasteiger partial charge in [-0.15, -0.1) is 11.3 Å². The zero-order valence-corrected chi connectivity index (χ0v) is 9.72. The molecule has 1 fully saturated rings. The first-order valence-electron chi connectivity index (χ1n) is 5.57. The fourth-order valence-electron chi connectivity index (χ4n) is 2.27. The molecule has 82 valence electrons. The van der Waals surface area contributed by atoms with E-state index >= 15 is 0 Å². The molecule has 0 spiro atoms. The Morgan fingerprint density at radius 3 is 3.06 bits per heavy atom. The fourth-order valence-corrected chi connectivity index (χ4v) is 3.22. The number of carbonyl (C=O) groups is 1. The monoisotopic (exact) mass is 231 g/mol. The van der Waals surface area contributed by atoms with Gasteiger partial charge >= 0.3 is 0 Å². The molecular formula is C13H13NOS. The third kappa shape index (κ3) is 1.56. The maximum atomic E-state index is 12.3. The molecule has 1 atom stereocenters. The van der Waals surface area contributed by atoms with Gasteiger partial charge in [-0.3, -0.25) is 4.79 Å². The van der Waals surface area contributed by atoms with Crippen molar-refractivity contribution in [3.63, 3.8) is 0 Å². The van der Waals surface area contributed by atoms with Gasteiger partial charge in [-0.05, 0) is 19.0 Å². The van der Waals surface area contributed by atoms with Crippen molar-refractivity contribution in [2.75, 3.05) is 13.1 Å². The van der Waals surface area contributed by atoms with Crippen LogP contribution in [-0.4, -0.2) is 18.9 Å². The van der Waals surface area contributed by atoms with Gasteiger partial charge in [0.05, 0.1) is 0 Å². The van der Waals surface area contributed by atoms with Crippen molar-refractivity contribution in [2.45, 2.75) is 6.42 Å². The van der Waals surface area contributed by atoms with E-state index in [0.29, 0.717) is 5.78 Å². The molecule has 0 saturated carbocycles. The fraction of sp³-hybridized carbons (Fsp3) is 0.308. The lowest BCUT2D eigenvalue weighted by Gasteiger charge is -2.05. The van der Waals surface area contributed by atoms with Crippen LogP contribution in [0.1, 0.15) is 16.8 Å². The smallest absolute Gasteiger partial charge is 0.168 e. The molecule has 3 heteroatoms. The number of carbonyl (C=O) groups excluding carboxylic acids is 1. The van der Waals surface area contributed by atoms with Crippen molar-refractivity contribution >= 4 is 27.2 Å². The highest BCUT2D eigenvalue weighted by Crippen LogP contribution is 2.28. The predicted molar refractivity (Wildman–Crippen MR) is 67.1 cm³/mol. The molecule has 0 amide bonds. The number of hydrogen-bond acceptors (Lipinski definition) is 3. The Balaban J connectivity index is 2.02. The number of fused-ring (bicyclic) bond motifs is 1. The molecule has 2 heterocycles. The van der Waals surface area contributed by atoms with Crippen LogP contribution in [0.5, 0.6) is 0 Å². The van der Waals surface area contributed by atoms with Crippen LogP contribution in [0.4, 0.5) is 0 Å². The molecule has 1 unspecified atom stereocenters. The van der Waals surface area contributed by atoms with Crippen LogP contribution < -0.4 is 5.32 Å². The molecule has 16 heavy (non-hydrogen) atoms. The molecule has 1 N–H and O–H groups in total. The highest BCUT2D eigenvalue weighted by Gasteiger charge is 2.25. The largest absolute Gasteiger partial charge is 0.316 e. The number of nitrogens with one attached hydrogen (secondary N) is 1. The van der Waals surface area contributed by atoms with Crippen LogP contribution in [0.25, 0.3) is 10.1 Å². The van der Waals surface area contributed by atoms with E-state index < -0.39 is 0 Å². The lowest BCUT2D eigenvalue weighted by molar-refractivity contribution is 0.0932. The summed E-state index contributed by atoms with van der Waals surface area (Å²) in [5.41, 5.74) is 0.911. The lowest BCUT2D eigenvalue weighted by atomic mass is 9.97. The van der Waals surface area contributed by atoms with Crippen LogP contribution in [0.15, 0.2) is 29.6 Å². The normalized spacial score (nSPS) is 20.4. The zero-order valence-electron chi connectivity index (χ0n) is 8.90. The molecule has 1 saturated heterocycles. The van der Waals surface area contributed by atoms with E-state index in [1.165, 1.54) is 4.70 Å². The second-order valence-electron chi connectivity index (χ2n) is 4.20. The Kier molecular flexibility index (Phi) is 2.50. The molecular weight excluding hydrogens is 218 g/mol. The van der Waals surface area contributed by atoms with Crippen molar-refractivity contribution < 1.29 is 4.79 Å². The van der Waals surface area contributed by atoms with Gasteiger partial charge in [-0.25, -0.2) is 0 Å². The first kappa shape index (κ1) is 10.00. The molecule has 0 aliphatic carbocycles. The third-order valence-electron chi connectivity index (χ3n) is 3.18. The Bertz CT molecular complexity index is 525. The van der Waals surface area contributed by atoms with Crippen molar-refractivity contribution in [1.29, 1.82) is 0 Å². The molecule has 0 bridgehead atoms. The zero-order chi connectivity index (χ0) is 11.0. The van der Waals surface area contributed by atoms with Crippen molar-refractivity contribution in [3.05, 3.63) is 35.2 Å². The van der Waals surface area contributed by atoms with Gasteiger partial charge in [0.1, 0.15) is 0 Å². The number of Topliss-reactive ketones (excluding diaryl/α,β-unsaturated/α-hetero) is 1. The van der Waals surface area contributed by atoms with Gasteiger partial charge in [0.15, 0.2) is 5.78 Å². The first-order valence-corrected chi connectivity index (χ1v) is 6.45. The molecule has 2 aromatic rings. The minimum Gasteiger partial charge on any atom is -0.316 e. The van der Waals surface area contributed by atoms with E-state index in [9.17, 15) is 4.79 Å². The highest BCUT2D eigenvalue weighted by molar-refractivity contribution is 7.17. The van der Waals surface area contributed by atoms with Crippen LogP contribution in [0, 0.1) is 5.92 Å². The van der Waals surface area contributed by atoms with Crippen LogP contribution in [0.3, 0.4) is 0 Å². The molecule has 3 rings (SSSR count). The number of ketones is 1. The van der Waals surface area contributed by atoms with E-state index in [1.807, 2.05) is 23.6 Å². The standard InChI is InChI=1S/C13H13NOS/c15-13(9-5-6-14-7-9)11-8-16-12-4-2-1-3-10(11)12/h1-4,8-9,14H,5-7H2. The summed E-state index contributed by atoms with van der Waals surface area (Å²) in [6.07, 6.45) is 0.975. The number of hydrogen-bond donors (Lipinski definition) is 1. The molecule has 0 radical (unpaired) electrons. The molecule has 1 aromatic heterocycles. The molecule has 1 aliphatic rings. The van der Waals surface area contributed by atoms with Gasteiger partial charge in [0.2, 0.25) is 0 Å². The minimum atomic E-state index is 0.179. The van der Waals surface area contributed by atoms with E-state index in [0.717, 1.165) is 30.5 Å². The number of thiophene rings is 1. The Hall–Kier alpha value is -1.19. The second kappa shape index (κ2) is 4.00. The number of rotatable bonds is 2. The van der Waals surface area contributed by atoms with E-state index in [4.69, 9.17) is 0 Å². The summed E-state index contributed by atoms with van der Waals surface area (Å²) < 4.78 is 1.21. The van der Waals surface area contributed by atoms with Crippen LogP contribution >= 0.6 is 11.3 Å². The van der Waals surface area contributed by atoms with Crippen molar-refractivity contribution in [3.8, 4) is 0 Å². The summed E-state index contributed by atoms with van der Waals surface area (Å²) in [6.45, 7) is 1.81. The van der Waals surface area contributed by atoms with E-state index in [-0.39, 0.29) is 5.92 Å². The third-order valence-corrected chi connectivity index (χ3v) is 4.14. The average Bonchev–Trinajstić information content (AvgIpc) is 2.98.